The van der Waals surface area contributed by atoms with Crippen LogP contribution >= 0.6 is 0 Å². The number of hydrogen-bond donors (Lipinski definition) is 1. The number of hydrogen-bond acceptors (Lipinski definition) is 2. The highest BCUT2D eigenvalue weighted by molar-refractivity contribution is 5.80. The summed E-state index contributed by atoms with van der Waals surface area (Å²) in [6, 6.07) is 9.78. The Morgan fingerprint density at radius 1 is 1.27 bits per heavy atom. The first-order valence-corrected chi connectivity index (χ1v) is 8.87. The van der Waals surface area contributed by atoms with Crippen LogP contribution < -0.4 is 5.32 Å². The number of anilines is 1. The molecule has 0 aromatic heterocycles. The topological polar surface area (TPSA) is 32.3 Å². The third kappa shape index (κ3) is 1.28. The molecule has 1 aromatic rings. The molecule has 1 aliphatic carbocycles. The number of carbonyl (C=O) groups excluding carboxylic acids is 1. The molecule has 3 fully saturated rings. The number of amides is 1. The third-order valence-corrected chi connectivity index (χ3v) is 7.32. The summed E-state index contributed by atoms with van der Waals surface area (Å²) < 4.78 is 0. The summed E-state index contributed by atoms with van der Waals surface area (Å²) in [5, 5.41) is 3.81. The van der Waals surface area contributed by atoms with Crippen molar-refractivity contribution >= 4 is 11.6 Å². The van der Waals surface area contributed by atoms with Crippen molar-refractivity contribution in [2.75, 3.05) is 11.9 Å². The fourth-order valence-corrected chi connectivity index (χ4v) is 6.37. The first-order chi connectivity index (χ1) is 10.7. The summed E-state index contributed by atoms with van der Waals surface area (Å²) in [6.45, 7) is 3.30. The number of nitrogens with zero attached hydrogens (tertiary/aromatic N) is 1. The van der Waals surface area contributed by atoms with Crippen molar-refractivity contribution in [3.05, 3.63) is 29.8 Å². The van der Waals surface area contributed by atoms with E-state index in [1.807, 2.05) is 0 Å². The lowest BCUT2D eigenvalue weighted by molar-refractivity contribution is -0.145. The quantitative estimate of drug-likeness (QED) is 0.862. The number of nitrogens with one attached hydrogen (secondary N) is 1. The van der Waals surface area contributed by atoms with Crippen LogP contribution in [0.1, 0.15) is 51.0 Å². The van der Waals surface area contributed by atoms with Gasteiger partial charge in [-0.05, 0) is 49.1 Å². The summed E-state index contributed by atoms with van der Waals surface area (Å²) in [5.41, 5.74) is 3.32. The first kappa shape index (κ1) is 13.0. The lowest BCUT2D eigenvalue weighted by Gasteiger charge is -2.57. The average molecular weight is 296 g/mol. The molecule has 22 heavy (non-hydrogen) atoms. The van der Waals surface area contributed by atoms with Crippen LogP contribution in [0, 0.1) is 5.41 Å². The molecule has 1 spiro atoms. The maximum Gasteiger partial charge on any atom is 0.222 e. The number of piperidine rings is 1. The van der Waals surface area contributed by atoms with Crippen LogP contribution in [0.4, 0.5) is 5.69 Å². The Balaban J connectivity index is 1.74. The van der Waals surface area contributed by atoms with Crippen LogP contribution in [0.25, 0.3) is 0 Å². The van der Waals surface area contributed by atoms with E-state index in [0.29, 0.717) is 23.4 Å². The van der Waals surface area contributed by atoms with Gasteiger partial charge in [-0.1, -0.05) is 25.1 Å². The Morgan fingerprint density at radius 2 is 2.14 bits per heavy atom. The highest BCUT2D eigenvalue weighted by Crippen LogP contribution is 2.63. The number of carbonyl (C=O) groups is 1. The molecule has 3 heteroatoms. The molecule has 1 aromatic carbocycles. The van der Waals surface area contributed by atoms with Gasteiger partial charge in [0, 0.05) is 36.2 Å². The Kier molecular flexibility index (Phi) is 2.40. The SMILES string of the molecule is CC[C@@]12CCC(=O)N3CC[C@]4(c5ccccc5N[C@@H]4CC1)[C@H]32. The number of fused-ring (bicyclic) bond motifs is 1. The molecule has 5 rings (SSSR count). The Hall–Kier alpha value is -1.51. The molecule has 0 unspecified atom stereocenters. The highest BCUT2D eigenvalue weighted by Gasteiger charge is 2.67. The van der Waals surface area contributed by atoms with E-state index in [0.717, 1.165) is 25.8 Å². The predicted octanol–water partition coefficient (Wildman–Crippen LogP) is 3.30. The van der Waals surface area contributed by atoms with E-state index in [2.05, 4.69) is 41.4 Å². The zero-order valence-corrected chi connectivity index (χ0v) is 13.3. The average Bonchev–Trinajstić information content (AvgIpc) is 3.11. The van der Waals surface area contributed by atoms with Crippen molar-refractivity contribution in [2.24, 2.45) is 5.41 Å². The predicted molar refractivity (Wildman–Crippen MR) is 86.8 cm³/mol. The van der Waals surface area contributed by atoms with E-state index in [1.165, 1.54) is 30.5 Å². The third-order valence-electron chi connectivity index (χ3n) is 7.32. The standard InChI is InChI=1S/C19H24N2O/c1-2-18-9-7-15-19(13-5-3-4-6-14(13)20-15)11-12-21(17(18)19)16(22)8-10-18/h3-6,15,17,20H,2,7-12H2,1H3/t15-,17-,18+,19-/m1/s1. The van der Waals surface area contributed by atoms with Crippen molar-refractivity contribution < 1.29 is 4.79 Å². The molecule has 1 N–H and O–H groups in total. The zero-order valence-electron chi connectivity index (χ0n) is 13.3. The van der Waals surface area contributed by atoms with Crippen molar-refractivity contribution in [1.29, 1.82) is 0 Å². The molecule has 4 aliphatic rings. The second-order valence-corrected chi connectivity index (χ2v) is 7.78. The Bertz CT molecular complexity index is 657. The van der Waals surface area contributed by atoms with E-state index in [4.69, 9.17) is 0 Å². The number of rotatable bonds is 1. The van der Waals surface area contributed by atoms with Gasteiger partial charge in [-0.15, -0.1) is 0 Å². The normalized spacial score (nSPS) is 41.7. The summed E-state index contributed by atoms with van der Waals surface area (Å²) >= 11 is 0. The van der Waals surface area contributed by atoms with Crippen molar-refractivity contribution in [1.82, 2.24) is 4.90 Å². The fourth-order valence-electron chi connectivity index (χ4n) is 6.37. The van der Waals surface area contributed by atoms with Crippen molar-refractivity contribution in [3.8, 4) is 0 Å². The lowest BCUT2D eigenvalue weighted by Crippen LogP contribution is -2.64. The monoisotopic (exact) mass is 296 g/mol. The highest BCUT2D eigenvalue weighted by atomic mass is 16.2. The van der Waals surface area contributed by atoms with Gasteiger partial charge in [-0.25, -0.2) is 0 Å². The number of benzene rings is 1. The van der Waals surface area contributed by atoms with Gasteiger partial charge < -0.3 is 10.2 Å². The van der Waals surface area contributed by atoms with Crippen LogP contribution in [0.5, 0.6) is 0 Å². The molecule has 1 saturated carbocycles. The van der Waals surface area contributed by atoms with Gasteiger partial charge in [0.2, 0.25) is 5.91 Å². The summed E-state index contributed by atoms with van der Waals surface area (Å²) in [7, 11) is 0. The second kappa shape index (κ2) is 4.06. The van der Waals surface area contributed by atoms with Gasteiger partial charge in [0.05, 0.1) is 0 Å². The molecule has 3 aliphatic heterocycles. The van der Waals surface area contributed by atoms with Crippen LogP contribution in [0.2, 0.25) is 0 Å². The molecule has 3 heterocycles. The van der Waals surface area contributed by atoms with Crippen LogP contribution in [0.3, 0.4) is 0 Å². The smallest absolute Gasteiger partial charge is 0.222 e. The van der Waals surface area contributed by atoms with Crippen LogP contribution in [0.15, 0.2) is 24.3 Å². The van der Waals surface area contributed by atoms with Gasteiger partial charge in [0.15, 0.2) is 0 Å². The fraction of sp³-hybridized carbons (Fsp3) is 0.632. The molecule has 3 nitrogen and oxygen atoms in total. The summed E-state index contributed by atoms with van der Waals surface area (Å²) in [5.74, 6) is 0.399. The molecule has 116 valence electrons. The van der Waals surface area contributed by atoms with Crippen molar-refractivity contribution in [3.63, 3.8) is 0 Å². The maximum atomic E-state index is 12.6. The van der Waals surface area contributed by atoms with Crippen molar-refractivity contribution in [2.45, 2.75) is 62.9 Å². The molecule has 0 radical (unpaired) electrons. The van der Waals surface area contributed by atoms with Gasteiger partial charge in [-0.2, -0.15) is 0 Å². The number of para-hydroxylation sites is 1. The second-order valence-electron chi connectivity index (χ2n) is 7.78. The maximum absolute atomic E-state index is 12.6. The molecule has 2 saturated heterocycles. The molecule has 4 atom stereocenters. The minimum Gasteiger partial charge on any atom is -0.381 e. The largest absolute Gasteiger partial charge is 0.381 e. The van der Waals surface area contributed by atoms with E-state index >= 15 is 0 Å². The molecule has 1 amide bonds. The van der Waals surface area contributed by atoms with E-state index in [9.17, 15) is 4.79 Å². The first-order valence-electron chi connectivity index (χ1n) is 8.87. The molecule has 0 bridgehead atoms. The summed E-state index contributed by atoms with van der Waals surface area (Å²) in [4.78, 5) is 14.8. The summed E-state index contributed by atoms with van der Waals surface area (Å²) in [6.07, 6.45) is 6.73. The Morgan fingerprint density at radius 3 is 3.00 bits per heavy atom. The van der Waals surface area contributed by atoms with Gasteiger partial charge in [0.25, 0.3) is 0 Å². The minimum atomic E-state index is 0.168. The molecular formula is C19H24N2O. The van der Waals surface area contributed by atoms with E-state index in [1.54, 1.807) is 0 Å². The van der Waals surface area contributed by atoms with Crippen LogP contribution in [-0.2, 0) is 10.2 Å². The Labute approximate surface area is 132 Å². The van der Waals surface area contributed by atoms with E-state index in [-0.39, 0.29) is 5.41 Å². The van der Waals surface area contributed by atoms with Crippen LogP contribution in [-0.4, -0.2) is 29.4 Å². The van der Waals surface area contributed by atoms with Gasteiger partial charge >= 0.3 is 0 Å². The van der Waals surface area contributed by atoms with Gasteiger partial charge in [-0.3, -0.25) is 4.79 Å². The minimum absolute atomic E-state index is 0.168. The van der Waals surface area contributed by atoms with Gasteiger partial charge in [0.1, 0.15) is 0 Å². The van der Waals surface area contributed by atoms with E-state index < -0.39 is 0 Å². The lowest BCUT2D eigenvalue weighted by atomic mass is 9.52. The molecular weight excluding hydrogens is 272 g/mol. The zero-order chi connectivity index (χ0) is 14.9.